The number of fused-ring (bicyclic) bond motifs is 1. The second-order valence-corrected chi connectivity index (χ2v) is 7.58. The highest BCUT2D eigenvalue weighted by Gasteiger charge is 2.38. The minimum Gasteiger partial charge on any atom is -0.478 e. The number of anilines is 2. The summed E-state index contributed by atoms with van der Waals surface area (Å²) < 4.78 is 5.70. The topological polar surface area (TPSA) is 128 Å². The quantitative estimate of drug-likeness (QED) is 0.577. The van der Waals surface area contributed by atoms with Crippen LogP contribution < -0.4 is 15.0 Å². The van der Waals surface area contributed by atoms with Crippen LogP contribution in [-0.2, 0) is 16.0 Å². The summed E-state index contributed by atoms with van der Waals surface area (Å²) in [5.41, 5.74) is 0.162. The molecule has 1 N–H and O–H groups in total. The van der Waals surface area contributed by atoms with Crippen molar-refractivity contribution in [3.63, 3.8) is 0 Å². The van der Waals surface area contributed by atoms with Gasteiger partial charge in [0.05, 0.1) is 16.7 Å². The summed E-state index contributed by atoms with van der Waals surface area (Å²) in [5.74, 6) is -0.802. The standard InChI is InChI=1S/C17H19N5O5S/c1-4-14-19-20-17(28-14)18-13(23)8-21-11-6-5-10(22(25)26)7-12(11)27-15(9(2)3)16(21)24/h5-7,9,15H,4,8H2,1-3H3,(H,18,20,23). The van der Waals surface area contributed by atoms with Crippen LogP contribution in [0.2, 0.25) is 0 Å². The fourth-order valence-corrected chi connectivity index (χ4v) is 3.42. The lowest BCUT2D eigenvalue weighted by molar-refractivity contribution is -0.384. The minimum atomic E-state index is -0.837. The lowest BCUT2D eigenvalue weighted by atomic mass is 10.0. The molecule has 148 valence electrons. The van der Waals surface area contributed by atoms with Crippen LogP contribution in [0.4, 0.5) is 16.5 Å². The fourth-order valence-electron chi connectivity index (χ4n) is 2.73. The van der Waals surface area contributed by atoms with Crippen LogP contribution in [0.15, 0.2) is 18.2 Å². The minimum absolute atomic E-state index is 0.152. The highest BCUT2D eigenvalue weighted by atomic mass is 32.1. The predicted octanol–water partition coefficient (Wildman–Crippen LogP) is 2.40. The molecule has 0 radical (unpaired) electrons. The van der Waals surface area contributed by atoms with E-state index >= 15 is 0 Å². The van der Waals surface area contributed by atoms with Crippen LogP contribution in [0.25, 0.3) is 0 Å². The number of carbonyl (C=O) groups is 2. The molecule has 11 heteroatoms. The van der Waals surface area contributed by atoms with E-state index in [1.54, 1.807) is 13.8 Å². The van der Waals surface area contributed by atoms with E-state index in [0.29, 0.717) is 17.2 Å². The zero-order chi connectivity index (χ0) is 20.4. The molecule has 1 atom stereocenters. The molecule has 1 aromatic carbocycles. The van der Waals surface area contributed by atoms with Gasteiger partial charge >= 0.3 is 0 Å². The first-order chi connectivity index (χ1) is 13.3. The van der Waals surface area contributed by atoms with Crippen molar-refractivity contribution in [2.24, 2.45) is 5.92 Å². The van der Waals surface area contributed by atoms with Gasteiger partial charge < -0.3 is 4.74 Å². The molecular formula is C17H19N5O5S. The van der Waals surface area contributed by atoms with Crippen LogP contribution in [0.1, 0.15) is 25.8 Å². The zero-order valence-electron chi connectivity index (χ0n) is 15.5. The molecule has 2 amide bonds. The van der Waals surface area contributed by atoms with Gasteiger partial charge in [-0.3, -0.25) is 29.9 Å². The second-order valence-electron chi connectivity index (χ2n) is 6.52. The Morgan fingerprint density at radius 1 is 1.43 bits per heavy atom. The summed E-state index contributed by atoms with van der Waals surface area (Å²) in [6.45, 7) is 5.27. The maximum Gasteiger partial charge on any atom is 0.273 e. The van der Waals surface area contributed by atoms with Crippen molar-refractivity contribution in [2.75, 3.05) is 16.8 Å². The molecule has 0 aliphatic carbocycles. The van der Waals surface area contributed by atoms with E-state index in [1.165, 1.54) is 34.4 Å². The number of nitrogens with zero attached hydrogens (tertiary/aromatic N) is 4. The number of aromatic nitrogens is 2. The lowest BCUT2D eigenvalue weighted by Gasteiger charge is -2.35. The van der Waals surface area contributed by atoms with Crippen molar-refractivity contribution in [1.82, 2.24) is 10.2 Å². The molecule has 2 aromatic rings. The molecule has 1 aliphatic rings. The number of ether oxygens (including phenoxy) is 1. The van der Waals surface area contributed by atoms with Crippen molar-refractivity contribution >= 4 is 39.7 Å². The van der Waals surface area contributed by atoms with Gasteiger partial charge in [0, 0.05) is 6.07 Å². The number of nitro groups is 1. The number of carbonyl (C=O) groups excluding carboxylic acids is 2. The Balaban J connectivity index is 1.86. The van der Waals surface area contributed by atoms with Crippen LogP contribution in [-0.4, -0.2) is 39.6 Å². The highest BCUT2D eigenvalue weighted by molar-refractivity contribution is 7.15. The largest absolute Gasteiger partial charge is 0.478 e. The van der Waals surface area contributed by atoms with E-state index < -0.39 is 16.9 Å². The Morgan fingerprint density at radius 2 is 2.18 bits per heavy atom. The number of amides is 2. The van der Waals surface area contributed by atoms with Crippen LogP contribution in [0.3, 0.4) is 0 Å². The Bertz CT molecular complexity index is 928. The fraction of sp³-hybridized carbons (Fsp3) is 0.412. The van der Waals surface area contributed by atoms with Gasteiger partial charge in [0.15, 0.2) is 11.9 Å². The average Bonchev–Trinajstić information content (AvgIpc) is 3.10. The van der Waals surface area contributed by atoms with Crippen molar-refractivity contribution < 1.29 is 19.2 Å². The van der Waals surface area contributed by atoms with Crippen LogP contribution >= 0.6 is 11.3 Å². The van der Waals surface area contributed by atoms with E-state index in [4.69, 9.17) is 4.74 Å². The third kappa shape index (κ3) is 3.93. The second kappa shape index (κ2) is 7.89. The number of nitro benzene ring substituents is 1. The molecule has 0 bridgehead atoms. The third-order valence-electron chi connectivity index (χ3n) is 4.13. The number of nitrogens with one attached hydrogen (secondary N) is 1. The lowest BCUT2D eigenvalue weighted by Crippen LogP contribution is -2.50. The summed E-state index contributed by atoms with van der Waals surface area (Å²) in [4.78, 5) is 37.1. The van der Waals surface area contributed by atoms with E-state index in [9.17, 15) is 19.7 Å². The van der Waals surface area contributed by atoms with Gasteiger partial charge in [-0.25, -0.2) is 0 Å². The molecule has 1 unspecified atom stereocenters. The first-order valence-corrected chi connectivity index (χ1v) is 9.50. The molecule has 1 aliphatic heterocycles. The maximum absolute atomic E-state index is 12.8. The van der Waals surface area contributed by atoms with Gasteiger partial charge in [-0.15, -0.1) is 10.2 Å². The van der Waals surface area contributed by atoms with Gasteiger partial charge in [0.25, 0.3) is 11.6 Å². The van der Waals surface area contributed by atoms with Crippen molar-refractivity contribution in [2.45, 2.75) is 33.3 Å². The molecule has 3 rings (SSSR count). The molecule has 0 fully saturated rings. The molecule has 10 nitrogen and oxygen atoms in total. The number of hydrogen-bond acceptors (Lipinski definition) is 8. The Morgan fingerprint density at radius 3 is 2.79 bits per heavy atom. The van der Waals surface area contributed by atoms with Crippen LogP contribution in [0.5, 0.6) is 5.75 Å². The van der Waals surface area contributed by atoms with Gasteiger partial charge in [-0.2, -0.15) is 0 Å². The summed E-state index contributed by atoms with van der Waals surface area (Å²) in [6.07, 6.45) is -0.131. The van der Waals surface area contributed by atoms with E-state index in [0.717, 1.165) is 5.01 Å². The average molecular weight is 405 g/mol. The number of rotatable bonds is 6. The Kier molecular flexibility index (Phi) is 5.54. The van der Waals surface area contributed by atoms with Gasteiger partial charge in [0.2, 0.25) is 11.0 Å². The van der Waals surface area contributed by atoms with Gasteiger partial charge in [-0.1, -0.05) is 32.1 Å². The first kappa shape index (κ1) is 19.7. The molecule has 2 heterocycles. The number of non-ortho nitro benzene ring substituents is 1. The number of hydrogen-bond donors (Lipinski definition) is 1. The molecular weight excluding hydrogens is 386 g/mol. The summed E-state index contributed by atoms with van der Waals surface area (Å²) in [7, 11) is 0. The third-order valence-corrected chi connectivity index (χ3v) is 5.11. The first-order valence-electron chi connectivity index (χ1n) is 8.68. The molecule has 0 spiro atoms. The zero-order valence-corrected chi connectivity index (χ0v) is 16.4. The monoisotopic (exact) mass is 405 g/mol. The summed E-state index contributed by atoms with van der Waals surface area (Å²) in [6, 6.07) is 3.95. The van der Waals surface area contributed by atoms with Gasteiger partial charge in [-0.05, 0) is 18.4 Å². The highest BCUT2D eigenvalue weighted by Crippen LogP contribution is 2.38. The molecule has 1 aromatic heterocycles. The van der Waals surface area contributed by atoms with E-state index in [-0.39, 0.29) is 29.8 Å². The molecule has 0 saturated carbocycles. The van der Waals surface area contributed by atoms with Crippen LogP contribution in [0, 0.1) is 16.0 Å². The predicted molar refractivity (Wildman–Crippen MR) is 103 cm³/mol. The summed E-state index contributed by atoms with van der Waals surface area (Å²) in [5, 5.41) is 22.6. The van der Waals surface area contributed by atoms with Crippen molar-refractivity contribution in [1.29, 1.82) is 0 Å². The van der Waals surface area contributed by atoms with Crippen molar-refractivity contribution in [3.05, 3.63) is 33.3 Å². The van der Waals surface area contributed by atoms with E-state index in [2.05, 4.69) is 15.5 Å². The number of benzene rings is 1. The Labute approximate surface area is 164 Å². The van der Waals surface area contributed by atoms with Gasteiger partial charge in [0.1, 0.15) is 11.6 Å². The van der Waals surface area contributed by atoms with Crippen molar-refractivity contribution in [3.8, 4) is 5.75 Å². The molecule has 28 heavy (non-hydrogen) atoms. The maximum atomic E-state index is 12.8. The Hall–Kier alpha value is -3.08. The number of aryl methyl sites for hydroxylation is 1. The SMILES string of the molecule is CCc1nnc(NC(=O)CN2C(=O)C(C(C)C)Oc3cc([N+](=O)[O-])ccc32)s1. The normalized spacial score (nSPS) is 15.9. The smallest absolute Gasteiger partial charge is 0.273 e. The molecule has 0 saturated heterocycles. The summed E-state index contributed by atoms with van der Waals surface area (Å²) >= 11 is 1.26. The van der Waals surface area contributed by atoms with E-state index in [1.807, 2.05) is 6.92 Å².